The number of carbonyl (C=O) groups excluding carboxylic acids is 1. The molecule has 1 atom stereocenters. The zero-order valence-electron chi connectivity index (χ0n) is 8.82. The van der Waals surface area contributed by atoms with E-state index in [2.05, 4.69) is 0 Å². The van der Waals surface area contributed by atoms with Crippen molar-refractivity contribution in [1.29, 1.82) is 0 Å². The predicted octanol–water partition coefficient (Wildman–Crippen LogP) is 1.06. The molecule has 0 bridgehead atoms. The number of amides is 1. The van der Waals surface area contributed by atoms with Gasteiger partial charge >= 0.3 is 5.97 Å². The Balaban J connectivity index is 4.23. The molecule has 1 N–H and O–H groups in total. The Morgan fingerprint density at radius 2 is 2.07 bits per heavy atom. The van der Waals surface area contributed by atoms with Crippen molar-refractivity contribution in [3.63, 3.8) is 0 Å². The predicted molar refractivity (Wildman–Crippen MR) is 57.5 cm³/mol. The highest BCUT2D eigenvalue weighted by molar-refractivity contribution is 7.99. The molecule has 82 valence electrons. The first-order chi connectivity index (χ1) is 6.52. The first kappa shape index (κ1) is 13.3. The molecule has 0 aliphatic carbocycles. The molecule has 0 heterocycles. The van der Waals surface area contributed by atoms with Gasteiger partial charge in [-0.15, -0.1) is 0 Å². The first-order valence-electron chi connectivity index (χ1n) is 4.53. The van der Waals surface area contributed by atoms with Gasteiger partial charge in [-0.1, -0.05) is 0 Å². The average molecular weight is 219 g/mol. The summed E-state index contributed by atoms with van der Waals surface area (Å²) in [6, 6.07) is -0.225. The van der Waals surface area contributed by atoms with E-state index in [4.69, 9.17) is 5.11 Å². The molecule has 14 heavy (non-hydrogen) atoms. The lowest BCUT2D eigenvalue weighted by molar-refractivity contribution is -0.139. The molecule has 1 amide bonds. The third-order valence-corrected chi connectivity index (χ3v) is 2.47. The number of nitrogens with zero attached hydrogens (tertiary/aromatic N) is 1. The lowest BCUT2D eigenvalue weighted by atomic mass is 10.2. The zero-order valence-corrected chi connectivity index (χ0v) is 9.63. The van der Waals surface area contributed by atoms with E-state index in [9.17, 15) is 9.59 Å². The molecular weight excluding hydrogens is 202 g/mol. The van der Waals surface area contributed by atoms with E-state index in [0.29, 0.717) is 12.3 Å². The number of rotatable bonds is 6. The number of carboxylic acid groups (broad SMARTS) is 1. The van der Waals surface area contributed by atoms with Crippen LogP contribution in [0.4, 0.5) is 0 Å². The fourth-order valence-corrected chi connectivity index (χ4v) is 1.72. The summed E-state index contributed by atoms with van der Waals surface area (Å²) in [5, 5.41) is 8.60. The Kier molecular flexibility index (Phi) is 6.36. The summed E-state index contributed by atoms with van der Waals surface area (Å²) >= 11 is 1.45. The number of hydrogen-bond acceptors (Lipinski definition) is 3. The summed E-state index contributed by atoms with van der Waals surface area (Å²) in [5.74, 6) is -0.445. The quantitative estimate of drug-likeness (QED) is 0.725. The van der Waals surface area contributed by atoms with Crippen LogP contribution in [-0.4, -0.2) is 46.5 Å². The van der Waals surface area contributed by atoms with E-state index < -0.39 is 5.97 Å². The van der Waals surface area contributed by atoms with Crippen molar-refractivity contribution in [3.8, 4) is 0 Å². The van der Waals surface area contributed by atoms with Crippen LogP contribution in [0.1, 0.15) is 20.3 Å². The molecule has 4 nitrogen and oxygen atoms in total. The average Bonchev–Trinajstić information content (AvgIpc) is 2.04. The second kappa shape index (κ2) is 6.70. The lowest BCUT2D eigenvalue weighted by Gasteiger charge is -2.26. The summed E-state index contributed by atoms with van der Waals surface area (Å²) in [6.45, 7) is 4.18. The highest BCUT2D eigenvalue weighted by Crippen LogP contribution is 2.06. The third kappa shape index (κ3) is 4.50. The van der Waals surface area contributed by atoms with Crippen molar-refractivity contribution in [1.82, 2.24) is 4.90 Å². The van der Waals surface area contributed by atoms with Gasteiger partial charge in [-0.25, -0.2) is 0 Å². The normalized spacial score (nSPS) is 12.2. The van der Waals surface area contributed by atoms with E-state index in [1.165, 1.54) is 11.8 Å². The fourth-order valence-electron chi connectivity index (χ4n) is 1.30. The van der Waals surface area contributed by atoms with Crippen LogP contribution < -0.4 is 0 Å². The summed E-state index contributed by atoms with van der Waals surface area (Å²) in [6.07, 6.45) is 1.86. The zero-order chi connectivity index (χ0) is 11.1. The molecule has 1 unspecified atom stereocenters. The SMILES string of the molecule is CCN(C(=O)CSC)C(C)CC(=O)O. The van der Waals surface area contributed by atoms with E-state index in [0.717, 1.165) is 0 Å². The van der Waals surface area contributed by atoms with Gasteiger partial charge in [-0.2, -0.15) is 11.8 Å². The molecule has 0 aromatic carbocycles. The number of thioether (sulfide) groups is 1. The first-order valence-corrected chi connectivity index (χ1v) is 5.92. The minimum atomic E-state index is -0.868. The van der Waals surface area contributed by atoms with Gasteiger partial charge in [0.1, 0.15) is 0 Å². The van der Waals surface area contributed by atoms with Crippen LogP contribution in [0.15, 0.2) is 0 Å². The van der Waals surface area contributed by atoms with Gasteiger partial charge in [0.25, 0.3) is 0 Å². The van der Waals surface area contributed by atoms with Crippen LogP contribution in [0.3, 0.4) is 0 Å². The van der Waals surface area contributed by atoms with Crippen molar-refractivity contribution in [2.75, 3.05) is 18.6 Å². The topological polar surface area (TPSA) is 57.6 Å². The summed E-state index contributed by atoms with van der Waals surface area (Å²) in [4.78, 5) is 23.6. The molecule has 0 saturated carbocycles. The highest BCUT2D eigenvalue weighted by Gasteiger charge is 2.19. The van der Waals surface area contributed by atoms with E-state index in [1.54, 1.807) is 11.8 Å². The van der Waals surface area contributed by atoms with E-state index in [1.807, 2.05) is 13.2 Å². The second-order valence-electron chi connectivity index (χ2n) is 3.06. The maximum absolute atomic E-state index is 11.5. The van der Waals surface area contributed by atoms with Crippen LogP contribution in [0.2, 0.25) is 0 Å². The van der Waals surface area contributed by atoms with Crippen molar-refractivity contribution < 1.29 is 14.7 Å². The van der Waals surface area contributed by atoms with E-state index in [-0.39, 0.29) is 18.4 Å². The fraction of sp³-hybridized carbons (Fsp3) is 0.778. The number of carbonyl (C=O) groups is 2. The Hall–Kier alpha value is -0.710. The molecule has 0 radical (unpaired) electrons. The molecule has 0 aliphatic heterocycles. The maximum Gasteiger partial charge on any atom is 0.305 e. The highest BCUT2D eigenvalue weighted by atomic mass is 32.2. The van der Waals surface area contributed by atoms with Crippen LogP contribution in [0.25, 0.3) is 0 Å². The number of hydrogen-bond donors (Lipinski definition) is 1. The Bertz CT molecular complexity index is 208. The summed E-state index contributed by atoms with van der Waals surface area (Å²) in [7, 11) is 0. The molecule has 0 rings (SSSR count). The van der Waals surface area contributed by atoms with Gasteiger partial charge in [0.05, 0.1) is 12.2 Å². The van der Waals surface area contributed by atoms with Gasteiger partial charge in [-0.3, -0.25) is 9.59 Å². The minimum absolute atomic E-state index is 0.00790. The van der Waals surface area contributed by atoms with Crippen molar-refractivity contribution in [3.05, 3.63) is 0 Å². The monoisotopic (exact) mass is 219 g/mol. The third-order valence-electron chi connectivity index (χ3n) is 1.93. The van der Waals surface area contributed by atoms with Gasteiger partial charge < -0.3 is 10.0 Å². The van der Waals surface area contributed by atoms with Crippen LogP contribution >= 0.6 is 11.8 Å². The molecular formula is C9H17NO3S. The van der Waals surface area contributed by atoms with Gasteiger partial charge in [0.2, 0.25) is 5.91 Å². The smallest absolute Gasteiger partial charge is 0.305 e. The van der Waals surface area contributed by atoms with Crippen LogP contribution in [-0.2, 0) is 9.59 Å². The van der Waals surface area contributed by atoms with Gasteiger partial charge in [0.15, 0.2) is 0 Å². The van der Waals surface area contributed by atoms with Crippen LogP contribution in [0.5, 0.6) is 0 Å². The maximum atomic E-state index is 11.5. The molecule has 0 aliphatic rings. The number of carboxylic acids is 1. The second-order valence-corrected chi connectivity index (χ2v) is 3.93. The largest absolute Gasteiger partial charge is 0.481 e. The van der Waals surface area contributed by atoms with Crippen LogP contribution in [0, 0.1) is 0 Å². The summed E-state index contributed by atoms with van der Waals surface area (Å²) in [5.41, 5.74) is 0. The van der Waals surface area contributed by atoms with E-state index >= 15 is 0 Å². The van der Waals surface area contributed by atoms with Crippen molar-refractivity contribution in [2.24, 2.45) is 0 Å². The molecule has 0 fully saturated rings. The molecule has 0 saturated heterocycles. The van der Waals surface area contributed by atoms with Gasteiger partial charge in [0, 0.05) is 12.6 Å². The Morgan fingerprint density at radius 1 is 1.50 bits per heavy atom. The lowest BCUT2D eigenvalue weighted by Crippen LogP contribution is -2.40. The van der Waals surface area contributed by atoms with Crippen molar-refractivity contribution in [2.45, 2.75) is 26.3 Å². The molecule has 0 spiro atoms. The molecule has 5 heteroatoms. The van der Waals surface area contributed by atoms with Gasteiger partial charge in [-0.05, 0) is 20.1 Å². The van der Waals surface area contributed by atoms with Crippen molar-refractivity contribution >= 4 is 23.6 Å². The molecule has 0 aromatic rings. The summed E-state index contributed by atoms with van der Waals surface area (Å²) < 4.78 is 0. The minimum Gasteiger partial charge on any atom is -0.481 e. The molecule has 0 aromatic heterocycles. The standard InChI is InChI=1S/C9H17NO3S/c1-4-10(8(11)6-14-3)7(2)5-9(12)13/h7H,4-6H2,1-3H3,(H,12,13). The Labute approximate surface area is 88.7 Å². The Morgan fingerprint density at radius 3 is 2.43 bits per heavy atom. The number of aliphatic carboxylic acids is 1.